The maximum Gasteiger partial charge on any atom is 0.247 e. The lowest BCUT2D eigenvalue weighted by Crippen LogP contribution is -2.44. The quantitative estimate of drug-likeness (QED) is 0.813. The Labute approximate surface area is 94.9 Å². The number of hydrogen-bond acceptors (Lipinski definition) is 4. The van der Waals surface area contributed by atoms with Crippen molar-refractivity contribution in [2.24, 2.45) is 0 Å². The Bertz CT molecular complexity index is 416. The molecule has 1 aliphatic rings. The van der Waals surface area contributed by atoms with Crippen LogP contribution in [0.3, 0.4) is 0 Å². The lowest BCUT2D eigenvalue weighted by molar-refractivity contribution is -0.117. The zero-order valence-corrected chi connectivity index (χ0v) is 9.82. The number of carbonyl (C=O) groups excluding carboxylic acids is 1. The normalized spacial score (nSPS) is 15.0. The molecular weight excluding hydrogens is 204 g/mol. The van der Waals surface area contributed by atoms with Crippen LogP contribution in [-0.2, 0) is 11.2 Å². The van der Waals surface area contributed by atoms with E-state index in [9.17, 15) is 4.79 Å². The molecule has 1 aromatic heterocycles. The summed E-state index contributed by atoms with van der Waals surface area (Å²) in [5.74, 6) is 1.53. The van der Waals surface area contributed by atoms with E-state index in [1.165, 1.54) is 0 Å². The number of carbonyl (C=O) groups is 1. The molecule has 0 fully saturated rings. The molecule has 0 radical (unpaired) electrons. The van der Waals surface area contributed by atoms with Gasteiger partial charge in [-0.05, 0) is 13.8 Å². The predicted molar refractivity (Wildman–Crippen MR) is 62.5 cm³/mol. The molecule has 0 aromatic carbocycles. The fourth-order valence-corrected chi connectivity index (χ4v) is 1.79. The average molecular weight is 220 g/mol. The van der Waals surface area contributed by atoms with Gasteiger partial charge in [-0.15, -0.1) is 0 Å². The smallest absolute Gasteiger partial charge is 0.247 e. The number of aromatic nitrogens is 2. The second-order valence-electron chi connectivity index (χ2n) is 4.09. The molecule has 1 N–H and O–H groups in total. The predicted octanol–water partition coefficient (Wildman–Crippen LogP) is 1.21. The highest BCUT2D eigenvalue weighted by Crippen LogP contribution is 2.27. The van der Waals surface area contributed by atoms with Crippen molar-refractivity contribution in [3.63, 3.8) is 0 Å². The van der Waals surface area contributed by atoms with Crippen LogP contribution in [0.25, 0.3) is 0 Å². The van der Waals surface area contributed by atoms with Crippen molar-refractivity contribution in [1.82, 2.24) is 9.97 Å². The van der Waals surface area contributed by atoms with Crippen molar-refractivity contribution in [2.75, 3.05) is 16.8 Å². The third-order valence-electron chi connectivity index (χ3n) is 2.58. The van der Waals surface area contributed by atoms with Crippen molar-refractivity contribution in [3.05, 3.63) is 12.0 Å². The van der Waals surface area contributed by atoms with Gasteiger partial charge in [-0.2, -0.15) is 0 Å². The number of hydrogen-bond donors (Lipinski definition) is 1. The first-order valence-corrected chi connectivity index (χ1v) is 5.55. The van der Waals surface area contributed by atoms with E-state index in [4.69, 9.17) is 0 Å². The maximum atomic E-state index is 11.8. The molecule has 0 atom stereocenters. The first-order chi connectivity index (χ1) is 7.63. The van der Waals surface area contributed by atoms with Gasteiger partial charge in [0, 0.05) is 12.5 Å². The fraction of sp³-hybridized carbons (Fsp3) is 0.545. The first kappa shape index (κ1) is 10.9. The van der Waals surface area contributed by atoms with Crippen molar-refractivity contribution in [1.29, 1.82) is 0 Å². The molecule has 5 nitrogen and oxygen atoms in total. The summed E-state index contributed by atoms with van der Waals surface area (Å²) in [5, 5.41) is 3.03. The molecule has 0 spiro atoms. The summed E-state index contributed by atoms with van der Waals surface area (Å²) < 4.78 is 0. The highest BCUT2D eigenvalue weighted by atomic mass is 16.2. The molecule has 86 valence electrons. The Morgan fingerprint density at radius 2 is 2.31 bits per heavy atom. The summed E-state index contributed by atoms with van der Waals surface area (Å²) in [4.78, 5) is 22.2. The topological polar surface area (TPSA) is 58.1 Å². The van der Waals surface area contributed by atoms with Crippen LogP contribution >= 0.6 is 0 Å². The number of nitrogens with zero attached hydrogens (tertiary/aromatic N) is 3. The molecule has 0 aliphatic carbocycles. The van der Waals surface area contributed by atoms with Gasteiger partial charge in [-0.1, -0.05) is 6.92 Å². The summed E-state index contributed by atoms with van der Waals surface area (Å²) in [5.41, 5.74) is 0.838. The molecule has 0 saturated carbocycles. The largest absolute Gasteiger partial charge is 0.372 e. The molecule has 0 unspecified atom stereocenters. The van der Waals surface area contributed by atoms with Crippen molar-refractivity contribution >= 4 is 17.4 Å². The number of amides is 1. The number of aryl methyl sites for hydroxylation is 1. The summed E-state index contributed by atoms with van der Waals surface area (Å²) in [6.07, 6.45) is 2.52. The second kappa shape index (κ2) is 4.08. The van der Waals surface area contributed by atoms with E-state index in [0.717, 1.165) is 17.9 Å². The van der Waals surface area contributed by atoms with Crippen LogP contribution in [0.2, 0.25) is 0 Å². The van der Waals surface area contributed by atoms with Crippen LogP contribution in [0, 0.1) is 0 Å². The Hall–Kier alpha value is -1.65. The number of fused-ring (bicyclic) bond motifs is 1. The fourth-order valence-electron chi connectivity index (χ4n) is 1.79. The lowest BCUT2D eigenvalue weighted by atomic mass is 10.2. The van der Waals surface area contributed by atoms with Gasteiger partial charge in [0.25, 0.3) is 0 Å². The van der Waals surface area contributed by atoms with Gasteiger partial charge in [-0.3, -0.25) is 9.69 Å². The van der Waals surface area contributed by atoms with E-state index < -0.39 is 0 Å². The Morgan fingerprint density at radius 3 is 2.94 bits per heavy atom. The third-order valence-corrected chi connectivity index (χ3v) is 2.58. The molecule has 0 saturated heterocycles. The van der Waals surface area contributed by atoms with Crippen LogP contribution in [0.1, 0.15) is 26.6 Å². The van der Waals surface area contributed by atoms with Crippen LogP contribution in [0.15, 0.2) is 6.20 Å². The maximum absolute atomic E-state index is 11.8. The van der Waals surface area contributed by atoms with Gasteiger partial charge >= 0.3 is 0 Å². The van der Waals surface area contributed by atoms with Gasteiger partial charge in [0.1, 0.15) is 5.82 Å². The van der Waals surface area contributed by atoms with Crippen LogP contribution in [-0.4, -0.2) is 28.5 Å². The van der Waals surface area contributed by atoms with Gasteiger partial charge in [-0.25, -0.2) is 9.97 Å². The Morgan fingerprint density at radius 1 is 1.56 bits per heavy atom. The molecule has 1 aromatic rings. The number of nitrogens with one attached hydrogen (secondary N) is 1. The van der Waals surface area contributed by atoms with E-state index in [-0.39, 0.29) is 11.9 Å². The highest BCUT2D eigenvalue weighted by molar-refractivity contribution is 6.01. The minimum absolute atomic E-state index is 0.0586. The number of rotatable bonds is 2. The first-order valence-electron chi connectivity index (χ1n) is 5.55. The van der Waals surface area contributed by atoms with Crippen LogP contribution in [0.4, 0.5) is 11.5 Å². The molecule has 16 heavy (non-hydrogen) atoms. The molecule has 2 rings (SSSR count). The van der Waals surface area contributed by atoms with E-state index >= 15 is 0 Å². The van der Waals surface area contributed by atoms with E-state index in [2.05, 4.69) is 15.3 Å². The van der Waals surface area contributed by atoms with E-state index in [0.29, 0.717) is 12.4 Å². The van der Waals surface area contributed by atoms with E-state index in [1.807, 2.05) is 20.8 Å². The van der Waals surface area contributed by atoms with Crippen LogP contribution in [0.5, 0.6) is 0 Å². The second-order valence-corrected chi connectivity index (χ2v) is 4.09. The summed E-state index contributed by atoms with van der Waals surface area (Å²) >= 11 is 0. The number of anilines is 2. The Kier molecular flexibility index (Phi) is 2.77. The molecular formula is C11H16N4O. The van der Waals surface area contributed by atoms with Gasteiger partial charge < -0.3 is 5.32 Å². The van der Waals surface area contributed by atoms with Crippen LogP contribution < -0.4 is 10.2 Å². The zero-order valence-electron chi connectivity index (χ0n) is 9.82. The van der Waals surface area contributed by atoms with Gasteiger partial charge in [0.2, 0.25) is 5.91 Å². The lowest BCUT2D eigenvalue weighted by Gasteiger charge is -2.31. The highest BCUT2D eigenvalue weighted by Gasteiger charge is 2.27. The summed E-state index contributed by atoms with van der Waals surface area (Å²) in [7, 11) is 0. The third kappa shape index (κ3) is 1.73. The molecule has 1 aliphatic heterocycles. The Balaban J connectivity index is 2.48. The monoisotopic (exact) mass is 220 g/mol. The van der Waals surface area contributed by atoms with Gasteiger partial charge in [0.15, 0.2) is 5.82 Å². The molecule has 0 bridgehead atoms. The molecule has 2 heterocycles. The minimum atomic E-state index is 0.0586. The van der Waals surface area contributed by atoms with Crippen molar-refractivity contribution in [2.45, 2.75) is 33.2 Å². The van der Waals surface area contributed by atoms with Crippen molar-refractivity contribution in [3.8, 4) is 0 Å². The van der Waals surface area contributed by atoms with Crippen molar-refractivity contribution < 1.29 is 4.79 Å². The summed E-state index contributed by atoms with van der Waals surface area (Å²) in [6, 6.07) is 0.118. The standard InChI is InChI=1S/C11H16N4O/c1-4-9-13-5-8-11(14-9)15(7(2)3)10(16)6-12-8/h5,7,12H,4,6H2,1-3H3. The zero-order chi connectivity index (χ0) is 11.7. The average Bonchev–Trinajstić information content (AvgIpc) is 2.27. The molecule has 5 heteroatoms. The summed E-state index contributed by atoms with van der Waals surface area (Å²) in [6.45, 7) is 6.29. The minimum Gasteiger partial charge on any atom is -0.372 e. The van der Waals surface area contributed by atoms with E-state index in [1.54, 1.807) is 11.1 Å². The van der Waals surface area contributed by atoms with Gasteiger partial charge in [0.05, 0.1) is 18.4 Å². The SMILES string of the molecule is CCc1ncc2c(n1)N(C(C)C)C(=O)CN2. The molecule has 1 amide bonds.